The average molecular weight is 1120 g/mol. The summed E-state index contributed by atoms with van der Waals surface area (Å²) in [5.74, 6) is 4.39. The topological polar surface area (TPSA) is 161 Å². The first-order valence-corrected chi connectivity index (χ1v) is 29.1. The number of nitrogens with one attached hydrogen (secondary N) is 2. The van der Waals surface area contributed by atoms with Crippen molar-refractivity contribution in [3.05, 3.63) is 17.5 Å². The number of alkyl halides is 6. The Hall–Kier alpha value is 3.51. The molecule has 0 saturated carbocycles. The minimum atomic E-state index is -3.22. The molecule has 0 aromatic carbocycles. The monoisotopic (exact) mass is 1120 g/mol. The summed E-state index contributed by atoms with van der Waals surface area (Å²) in [4.78, 5) is 17.9. The van der Waals surface area contributed by atoms with Gasteiger partial charge in [0.2, 0.25) is 0 Å². The van der Waals surface area contributed by atoms with Crippen LogP contribution in [0.1, 0.15) is 34.7 Å². The molecule has 0 saturated heterocycles. The van der Waals surface area contributed by atoms with Crippen LogP contribution in [0, 0.1) is 0 Å². The van der Waals surface area contributed by atoms with Gasteiger partial charge in [-0.1, -0.05) is 69.6 Å². The van der Waals surface area contributed by atoms with Crippen molar-refractivity contribution < 1.29 is 24.6 Å². The molecule has 0 aliphatic heterocycles. The number of carbonyl (C=O) groups is 2. The minimum absolute atomic E-state index is 0. The molecule has 0 radical (unpaired) electrons. The molecule has 0 atom stereocenters. The maximum absolute atomic E-state index is 10.4. The number of aromatic nitrogens is 2. The molecule has 0 fully saturated rings. The van der Waals surface area contributed by atoms with Gasteiger partial charge in [-0.3, -0.25) is 30.1 Å². The molecule has 0 spiro atoms. The second-order valence-electron chi connectivity index (χ2n) is 5.13. The number of rotatable bonds is 5. The zero-order valence-electron chi connectivity index (χ0n) is 19.9. The van der Waals surface area contributed by atoms with Gasteiger partial charge in [-0.25, -0.2) is 0 Å². The Morgan fingerprint density at radius 3 is 1.55 bits per heavy atom. The fourth-order valence-corrected chi connectivity index (χ4v) is 1.45. The average Bonchev–Trinajstić information content (AvgIpc) is 3.09. The fraction of sp³-hybridized carbons (Fsp3) is 0.571. The first-order valence-electron chi connectivity index (χ1n) is 8.50. The van der Waals surface area contributed by atoms with E-state index >= 15 is 0 Å². The van der Waals surface area contributed by atoms with Crippen molar-refractivity contribution in [1.29, 1.82) is 0 Å². The second-order valence-corrected chi connectivity index (χ2v) is 50.4. The van der Waals surface area contributed by atoms with E-state index < -0.39 is 19.7 Å². The number of nitrogens with two attached hydrogens (primary N) is 1. The van der Waals surface area contributed by atoms with E-state index in [9.17, 15) is 14.2 Å². The molecule has 1 aromatic heterocycles. The van der Waals surface area contributed by atoms with E-state index in [2.05, 4.69) is 121 Å². The number of Topliss-reactive ketones (excluding diaryl/α,β-unsaturated/α-hetero) is 1. The van der Waals surface area contributed by atoms with Gasteiger partial charge in [0.25, 0.3) is 0 Å². The number of ketones is 1. The van der Waals surface area contributed by atoms with Crippen molar-refractivity contribution in [2.45, 2.75) is 28.4 Å². The van der Waals surface area contributed by atoms with Crippen molar-refractivity contribution in [1.82, 2.24) is 20.6 Å². The molecule has 0 aliphatic rings. The van der Waals surface area contributed by atoms with Crippen LogP contribution in [0.15, 0.2) is 11.3 Å². The molecule has 10 nitrogen and oxygen atoms in total. The standard InChI is InChI=1S/C6H6Cl2N2O.C4H8Cl2N2.C3H4Cl2O.CH6N2.Cl3OP.3HI.H2O.V/c1-10-2-4(3-11)5(9-10)6(7)8;1-3(4(5)6)8-7-2;1-2(6)3(4)5;1-3-2;1-5(2,3)4;;;;;/h2-3,6H,1H3;4,7H,1-2H3;3H,1H3;3H,2H2,1H3;;3*1H;1H2;/q;;;;;;;;;+3/p-4/b;8-3+;;;;;;;;. The maximum atomic E-state index is 10.4. The zero-order chi connectivity index (χ0) is 30.9. The van der Waals surface area contributed by atoms with Crippen LogP contribution in [-0.2, 0) is 21.3 Å². The number of halogens is 12. The number of hydrogen-bond donors (Lipinski definition) is 3. The van der Waals surface area contributed by atoms with E-state index in [1.54, 1.807) is 34.3 Å². The largest absolute Gasteiger partial charge is 0.870 e. The minimum Gasteiger partial charge on any atom is -0.870 e. The SMILES string of the molecule is CC(=O)C(Cl)Cl.CN/N=C(\C)C(Cl)Cl.CNN.Cn1cc(C=O)c(C(Cl)Cl)n1.O=P(Cl)(Cl)Cl.[I][V]([I])[I].[OH-]. The summed E-state index contributed by atoms with van der Waals surface area (Å²) >= 11 is 53.2. The van der Waals surface area contributed by atoms with Crippen molar-refractivity contribution in [2.75, 3.05) is 14.1 Å². The van der Waals surface area contributed by atoms with Crippen LogP contribution in [0.5, 0.6) is 0 Å². The molecule has 1 rings (SSSR count). The summed E-state index contributed by atoms with van der Waals surface area (Å²) in [5.41, 5.74) is 6.34. The molecular weight excluding hydrogens is 1100 g/mol. The number of carbonyl (C=O) groups excluding carboxylic acids is 2. The van der Waals surface area contributed by atoms with Crippen molar-refractivity contribution in [3.63, 3.8) is 0 Å². The first kappa shape index (κ1) is 54.0. The molecular formula is C14H25Cl9I3N6O4PV-. The third-order valence-electron chi connectivity index (χ3n) is 2.13. The third kappa shape index (κ3) is 55.4. The molecule has 1 heterocycles. The van der Waals surface area contributed by atoms with Gasteiger partial charge in [0.05, 0.1) is 11.3 Å². The van der Waals surface area contributed by atoms with Crippen LogP contribution in [0.4, 0.5) is 0 Å². The number of hydrazine groups is 1. The van der Waals surface area contributed by atoms with Gasteiger partial charge in [0.15, 0.2) is 21.7 Å². The van der Waals surface area contributed by atoms with Gasteiger partial charge in [-0.15, -0.1) is 0 Å². The summed E-state index contributed by atoms with van der Waals surface area (Å²) in [6, 6.07) is 0. The molecule has 38 heavy (non-hydrogen) atoms. The van der Waals surface area contributed by atoms with Crippen LogP contribution in [0.3, 0.4) is 0 Å². The van der Waals surface area contributed by atoms with E-state index in [-0.39, 0.29) is 16.2 Å². The van der Waals surface area contributed by atoms with Crippen LogP contribution in [0.25, 0.3) is 0 Å². The summed E-state index contributed by atoms with van der Waals surface area (Å²) in [6.07, 6.45) is 2.25. The van der Waals surface area contributed by atoms with Crippen molar-refractivity contribution in [2.24, 2.45) is 18.0 Å². The van der Waals surface area contributed by atoms with Gasteiger partial charge in [0.1, 0.15) is 10.5 Å². The Morgan fingerprint density at radius 1 is 1.11 bits per heavy atom. The van der Waals surface area contributed by atoms with E-state index in [0.717, 1.165) is 0 Å². The molecule has 1 aromatic rings. The first-order chi connectivity index (χ1) is 16.6. The summed E-state index contributed by atoms with van der Waals surface area (Å²) in [5, 5.41) is 4.41. The van der Waals surface area contributed by atoms with Crippen molar-refractivity contribution >= 4 is 186 Å². The number of hydrogen-bond acceptors (Lipinski definition) is 9. The molecule has 0 bridgehead atoms. The predicted octanol–water partition coefficient (Wildman–Crippen LogP) is 8.84. The Kier molecular flexibility index (Phi) is 49.8. The Bertz CT molecular complexity index is 786. The summed E-state index contributed by atoms with van der Waals surface area (Å²) in [7, 11) is 5.05. The van der Waals surface area contributed by atoms with E-state index in [0.29, 0.717) is 23.3 Å². The number of aldehydes is 1. The smallest absolute Gasteiger partial charge is 0.870 e. The van der Waals surface area contributed by atoms with Gasteiger partial charge in [0, 0.05) is 20.3 Å². The molecule has 0 amide bonds. The van der Waals surface area contributed by atoms with Gasteiger partial charge < -0.3 is 10.9 Å². The molecule has 0 aliphatic carbocycles. The predicted molar refractivity (Wildman–Crippen MR) is 189 cm³/mol. The van der Waals surface area contributed by atoms with Crippen LogP contribution in [-0.4, -0.2) is 56.8 Å². The molecule has 24 heteroatoms. The van der Waals surface area contributed by atoms with E-state index in [1.165, 1.54) is 11.6 Å². The van der Waals surface area contributed by atoms with Gasteiger partial charge in [-0.05, 0) is 54.6 Å². The normalized spacial score (nSPS) is 10.1. The fourth-order valence-electron chi connectivity index (χ4n) is 1.01. The molecule has 230 valence electrons. The number of hydrazone groups is 1. The Morgan fingerprint density at radius 2 is 1.42 bits per heavy atom. The Labute approximate surface area is 304 Å². The van der Waals surface area contributed by atoms with Gasteiger partial charge >= 0.3 is 70.1 Å². The number of nitrogens with zero attached hydrogens (tertiary/aromatic N) is 3. The Balaban J connectivity index is -0.0000000851. The third-order valence-corrected chi connectivity index (χ3v) is 3.79. The van der Waals surface area contributed by atoms with Crippen LogP contribution >= 0.6 is 168 Å². The molecule has 5 N–H and O–H groups in total. The zero-order valence-corrected chi connectivity index (χ0v) is 35.5. The van der Waals surface area contributed by atoms with Crippen LogP contribution < -0.4 is 16.7 Å². The second kappa shape index (κ2) is 35.0. The van der Waals surface area contributed by atoms with Crippen molar-refractivity contribution in [3.8, 4) is 0 Å². The maximum Gasteiger partial charge on any atom is -0.870 e. The summed E-state index contributed by atoms with van der Waals surface area (Å²) in [6.45, 7) is 3.09. The van der Waals surface area contributed by atoms with E-state index in [1.807, 2.05) is 0 Å². The number of aryl methyl sites for hydroxylation is 1. The van der Waals surface area contributed by atoms with E-state index in [4.69, 9.17) is 69.6 Å². The summed E-state index contributed by atoms with van der Waals surface area (Å²) < 4.78 is 11.0. The van der Waals surface area contributed by atoms with Gasteiger partial charge in [-0.2, -0.15) is 10.2 Å². The van der Waals surface area contributed by atoms with Crippen LogP contribution in [0.2, 0.25) is 0 Å². The molecule has 0 unspecified atom stereocenters. The quantitative estimate of drug-likeness (QED) is 0.0502.